The zero-order valence-corrected chi connectivity index (χ0v) is 14.7. The van der Waals surface area contributed by atoms with Gasteiger partial charge in [-0.2, -0.15) is 0 Å². The average Bonchev–Trinajstić information content (AvgIpc) is 2.83. The molecular weight excluding hydrogens is 300 g/mol. The van der Waals surface area contributed by atoms with Crippen LogP contribution >= 0.6 is 0 Å². The van der Waals surface area contributed by atoms with Gasteiger partial charge in [-0.3, -0.25) is 4.79 Å². The molecule has 2 unspecified atom stereocenters. The fourth-order valence-electron chi connectivity index (χ4n) is 3.28. The molecule has 0 radical (unpaired) electrons. The second-order valence-corrected chi connectivity index (χ2v) is 7.40. The summed E-state index contributed by atoms with van der Waals surface area (Å²) in [5, 5.41) is 0. The van der Waals surface area contributed by atoms with Crippen molar-refractivity contribution in [1.82, 2.24) is 0 Å². The van der Waals surface area contributed by atoms with E-state index in [4.69, 9.17) is 9.15 Å². The van der Waals surface area contributed by atoms with Gasteiger partial charge in [-0.05, 0) is 30.7 Å². The maximum absolute atomic E-state index is 12.5. The van der Waals surface area contributed by atoms with Gasteiger partial charge >= 0.3 is 5.97 Å². The Kier molecular flexibility index (Phi) is 4.35. The third kappa shape index (κ3) is 3.45. The van der Waals surface area contributed by atoms with Crippen molar-refractivity contribution in [3.63, 3.8) is 0 Å². The van der Waals surface area contributed by atoms with E-state index in [0.717, 1.165) is 11.3 Å². The number of hydrogen-bond acceptors (Lipinski definition) is 3. The maximum Gasteiger partial charge on any atom is 0.315 e. The van der Waals surface area contributed by atoms with Gasteiger partial charge in [0.1, 0.15) is 12.0 Å². The van der Waals surface area contributed by atoms with Crippen molar-refractivity contribution < 1.29 is 13.9 Å². The van der Waals surface area contributed by atoms with Gasteiger partial charge in [0.15, 0.2) is 5.75 Å². The molecular formula is C21H24O3. The molecule has 3 rings (SSSR count). The van der Waals surface area contributed by atoms with E-state index in [1.165, 1.54) is 11.8 Å². The van der Waals surface area contributed by atoms with Crippen molar-refractivity contribution in [3.05, 3.63) is 65.6 Å². The first kappa shape index (κ1) is 16.6. The van der Waals surface area contributed by atoms with Gasteiger partial charge in [-0.25, -0.2) is 0 Å². The van der Waals surface area contributed by atoms with Crippen LogP contribution in [0.25, 0.3) is 0 Å². The Balaban J connectivity index is 1.63. The summed E-state index contributed by atoms with van der Waals surface area (Å²) in [6.45, 7) is 8.34. The van der Waals surface area contributed by atoms with E-state index >= 15 is 0 Å². The van der Waals surface area contributed by atoms with Crippen LogP contribution in [-0.2, 0) is 11.2 Å². The molecule has 1 aliphatic rings. The Bertz CT molecular complexity index is 748. The highest BCUT2D eigenvalue weighted by molar-refractivity contribution is 5.80. The van der Waals surface area contributed by atoms with Gasteiger partial charge in [0.25, 0.3) is 0 Å². The SMILES string of the molecule is CC(C)=CC1C(C(=O)Oc2coc(Cc3ccccc3)c2)C1(C)C. The van der Waals surface area contributed by atoms with Crippen LogP contribution in [0.2, 0.25) is 0 Å². The Morgan fingerprint density at radius 3 is 2.62 bits per heavy atom. The highest BCUT2D eigenvalue weighted by Gasteiger charge is 2.61. The van der Waals surface area contributed by atoms with Gasteiger partial charge in [-0.15, -0.1) is 0 Å². The number of furan rings is 1. The zero-order chi connectivity index (χ0) is 17.3. The first-order valence-electron chi connectivity index (χ1n) is 8.36. The van der Waals surface area contributed by atoms with Crippen molar-refractivity contribution >= 4 is 5.97 Å². The quantitative estimate of drug-likeness (QED) is 0.573. The molecule has 126 valence electrons. The van der Waals surface area contributed by atoms with E-state index in [1.54, 1.807) is 6.07 Å². The topological polar surface area (TPSA) is 39.4 Å². The minimum absolute atomic E-state index is 0.0367. The molecule has 0 N–H and O–H groups in total. The van der Waals surface area contributed by atoms with E-state index in [2.05, 4.69) is 33.8 Å². The summed E-state index contributed by atoms with van der Waals surface area (Å²) >= 11 is 0. The van der Waals surface area contributed by atoms with Crippen LogP contribution in [0.4, 0.5) is 0 Å². The lowest BCUT2D eigenvalue weighted by Gasteiger charge is -2.02. The number of carbonyl (C=O) groups is 1. The van der Waals surface area contributed by atoms with E-state index < -0.39 is 0 Å². The molecule has 2 atom stereocenters. The minimum atomic E-state index is -0.172. The average molecular weight is 324 g/mol. The van der Waals surface area contributed by atoms with Crippen LogP contribution in [0.1, 0.15) is 39.0 Å². The van der Waals surface area contributed by atoms with Gasteiger partial charge in [0.2, 0.25) is 0 Å². The highest BCUT2D eigenvalue weighted by atomic mass is 16.5. The van der Waals surface area contributed by atoms with Crippen molar-refractivity contribution in [2.75, 3.05) is 0 Å². The summed E-state index contributed by atoms with van der Waals surface area (Å²) in [6, 6.07) is 11.9. The molecule has 3 heteroatoms. The monoisotopic (exact) mass is 324 g/mol. The Labute approximate surface area is 143 Å². The summed E-state index contributed by atoms with van der Waals surface area (Å²) < 4.78 is 11.1. The zero-order valence-electron chi connectivity index (χ0n) is 14.7. The van der Waals surface area contributed by atoms with Gasteiger partial charge in [-0.1, -0.05) is 55.8 Å². The van der Waals surface area contributed by atoms with Crippen LogP contribution in [0.5, 0.6) is 5.75 Å². The molecule has 1 fully saturated rings. The normalized spacial score (nSPS) is 21.2. The Morgan fingerprint density at radius 1 is 1.25 bits per heavy atom. The second kappa shape index (κ2) is 6.31. The fraction of sp³-hybridized carbons (Fsp3) is 0.381. The molecule has 1 aromatic carbocycles. The maximum atomic E-state index is 12.5. The third-order valence-corrected chi connectivity index (χ3v) is 4.75. The van der Waals surface area contributed by atoms with Crippen LogP contribution in [0, 0.1) is 17.3 Å². The van der Waals surface area contributed by atoms with Crippen LogP contribution in [-0.4, -0.2) is 5.97 Å². The second-order valence-electron chi connectivity index (χ2n) is 7.40. The van der Waals surface area contributed by atoms with Crippen LogP contribution < -0.4 is 4.74 Å². The summed E-state index contributed by atoms with van der Waals surface area (Å²) in [4.78, 5) is 12.5. The summed E-state index contributed by atoms with van der Waals surface area (Å²) in [6.07, 6.45) is 4.37. The van der Waals surface area contributed by atoms with Gasteiger partial charge < -0.3 is 9.15 Å². The third-order valence-electron chi connectivity index (χ3n) is 4.75. The lowest BCUT2D eigenvalue weighted by molar-refractivity contribution is -0.136. The molecule has 0 aliphatic heterocycles. The molecule has 1 heterocycles. The Hall–Kier alpha value is -2.29. The Morgan fingerprint density at radius 2 is 1.96 bits per heavy atom. The predicted octanol–water partition coefficient (Wildman–Crippen LogP) is 5.01. The van der Waals surface area contributed by atoms with E-state index in [9.17, 15) is 4.79 Å². The van der Waals surface area contributed by atoms with Crippen LogP contribution in [0.3, 0.4) is 0 Å². The molecule has 1 aromatic heterocycles. The number of ether oxygens (including phenoxy) is 1. The standard InChI is InChI=1S/C21H24O3/c1-14(2)10-18-19(21(18,3)4)20(22)24-17-12-16(23-13-17)11-15-8-6-5-7-9-15/h5-10,12-13,18-19H,11H2,1-4H3. The molecule has 3 nitrogen and oxygen atoms in total. The molecule has 24 heavy (non-hydrogen) atoms. The molecule has 0 saturated heterocycles. The first-order valence-corrected chi connectivity index (χ1v) is 8.36. The molecule has 1 saturated carbocycles. The molecule has 0 spiro atoms. The minimum Gasteiger partial charge on any atom is -0.465 e. The van der Waals surface area contributed by atoms with Gasteiger partial charge in [0.05, 0.1) is 5.92 Å². The van der Waals surface area contributed by atoms with E-state index in [1.807, 2.05) is 30.3 Å². The molecule has 0 bridgehead atoms. The molecule has 1 aliphatic carbocycles. The van der Waals surface area contributed by atoms with Crippen molar-refractivity contribution in [3.8, 4) is 5.75 Å². The number of rotatable bonds is 5. The molecule has 0 amide bonds. The largest absolute Gasteiger partial charge is 0.465 e. The van der Waals surface area contributed by atoms with Crippen molar-refractivity contribution in [2.24, 2.45) is 17.3 Å². The van der Waals surface area contributed by atoms with Crippen molar-refractivity contribution in [2.45, 2.75) is 34.1 Å². The highest BCUT2D eigenvalue weighted by Crippen LogP contribution is 2.59. The summed E-state index contributed by atoms with van der Waals surface area (Å²) in [5.74, 6) is 1.28. The van der Waals surface area contributed by atoms with E-state index in [-0.39, 0.29) is 23.2 Å². The summed E-state index contributed by atoms with van der Waals surface area (Å²) in [7, 11) is 0. The number of carbonyl (C=O) groups excluding carboxylic acids is 1. The number of benzene rings is 1. The van der Waals surface area contributed by atoms with Crippen molar-refractivity contribution in [1.29, 1.82) is 0 Å². The number of allylic oxidation sites excluding steroid dienone is 2. The van der Waals surface area contributed by atoms with E-state index in [0.29, 0.717) is 12.2 Å². The van der Waals surface area contributed by atoms with Crippen LogP contribution in [0.15, 0.2) is 58.7 Å². The molecule has 2 aromatic rings. The predicted molar refractivity (Wildman–Crippen MR) is 93.8 cm³/mol. The fourth-order valence-corrected chi connectivity index (χ4v) is 3.28. The number of esters is 1. The number of hydrogen-bond donors (Lipinski definition) is 0. The lowest BCUT2D eigenvalue weighted by atomic mass is 10.1. The smallest absolute Gasteiger partial charge is 0.315 e. The first-order chi connectivity index (χ1) is 11.4. The lowest BCUT2D eigenvalue weighted by Crippen LogP contribution is -2.13. The van der Waals surface area contributed by atoms with Gasteiger partial charge in [0, 0.05) is 12.5 Å². The summed E-state index contributed by atoms with van der Waals surface area (Å²) in [5.41, 5.74) is 2.36.